The van der Waals surface area contributed by atoms with E-state index in [9.17, 15) is 34.8 Å². The number of ketones is 2. The number of nitrogens with two attached hydrogens (primary N) is 2. The van der Waals surface area contributed by atoms with Crippen molar-refractivity contribution in [3.05, 3.63) is 39.7 Å². The summed E-state index contributed by atoms with van der Waals surface area (Å²) in [4.78, 5) is 42.5. The van der Waals surface area contributed by atoms with Crippen molar-refractivity contribution in [1.82, 2.24) is 4.90 Å². The number of rotatable bonds is 3. The highest BCUT2D eigenvalue weighted by Gasteiger charge is 2.67. The van der Waals surface area contributed by atoms with E-state index in [-0.39, 0.29) is 29.7 Å². The summed E-state index contributed by atoms with van der Waals surface area (Å²) in [6.07, 6.45) is -0.259. The largest absolute Gasteiger partial charge is 0.508 e. The second-order valence-corrected chi connectivity index (χ2v) is 10.2. The van der Waals surface area contributed by atoms with Crippen molar-refractivity contribution < 1.29 is 34.8 Å². The fraction of sp³-hybridized carbons (Fsp3) is 0.423. The fourth-order valence-corrected chi connectivity index (χ4v) is 6.03. The Bertz CT molecular complexity index is 1400. The van der Waals surface area contributed by atoms with Gasteiger partial charge < -0.3 is 36.8 Å². The highest BCUT2D eigenvalue weighted by Crippen LogP contribution is 2.54. The lowest BCUT2D eigenvalue weighted by Gasteiger charge is -2.53. The smallest absolute Gasteiger partial charge is 0.255 e. The molecule has 3 aliphatic carbocycles. The van der Waals surface area contributed by atoms with Gasteiger partial charge in [-0.2, -0.15) is 0 Å². The number of fused-ring (bicyclic) bond motifs is 3. The van der Waals surface area contributed by atoms with Gasteiger partial charge in [0.25, 0.3) is 5.91 Å². The fourth-order valence-electron chi connectivity index (χ4n) is 6.03. The molecule has 1 aromatic rings. The molecule has 1 aromatic carbocycles. The summed E-state index contributed by atoms with van der Waals surface area (Å²) in [6.45, 7) is 1.58. The van der Waals surface area contributed by atoms with Crippen LogP contribution in [-0.2, 0) is 20.8 Å². The number of Topliss-reactive ketones (excluding diaryl/α,β-unsaturated/α-hetero) is 2. The van der Waals surface area contributed by atoms with Gasteiger partial charge in [0.15, 0.2) is 11.4 Å². The van der Waals surface area contributed by atoms with Crippen LogP contribution in [-0.4, -0.2) is 88.2 Å². The number of hydrogen-bond donors (Lipinski definition) is 6. The second-order valence-electron chi connectivity index (χ2n) is 10.2. The maximum atomic E-state index is 14.0. The maximum Gasteiger partial charge on any atom is 0.255 e. The molecule has 0 aliphatic heterocycles. The van der Waals surface area contributed by atoms with Gasteiger partial charge in [-0.25, -0.2) is 0 Å². The topological polar surface area (TPSA) is 191 Å². The summed E-state index contributed by atoms with van der Waals surface area (Å²) in [6, 6.07) is 0.426. The van der Waals surface area contributed by atoms with Crippen LogP contribution in [0.2, 0.25) is 0 Å². The number of phenols is 1. The van der Waals surface area contributed by atoms with Gasteiger partial charge >= 0.3 is 0 Å². The van der Waals surface area contributed by atoms with E-state index in [0.29, 0.717) is 11.3 Å². The second kappa shape index (κ2) is 8.34. The van der Waals surface area contributed by atoms with Crippen LogP contribution in [0.3, 0.4) is 0 Å². The molecule has 0 heterocycles. The molecular formula is C26H30N4O7. The van der Waals surface area contributed by atoms with Crippen molar-refractivity contribution in [3.8, 4) is 17.6 Å². The van der Waals surface area contributed by atoms with Crippen LogP contribution in [0.15, 0.2) is 23.0 Å². The first-order chi connectivity index (χ1) is 17.1. The molecule has 1 saturated carbocycles. The highest BCUT2D eigenvalue weighted by molar-refractivity contribution is 6.24. The summed E-state index contributed by atoms with van der Waals surface area (Å²) < 4.78 is 0. The standard InChI is InChI=1S/C26H30N4O7/c1-6-7-11-8-14(29(2)3)12-9-25(28)10-13-18(30(4)5)21(33)16(24(27)36)22(34)26(13,37)23(35)17(25)20(32)15(12)19(11)31/h8,13,18,31-32,34,37H,9-10,28H2,1-5H3,(H2,27,36)/t13-,18+,25+,26+/m0/s1. The van der Waals surface area contributed by atoms with Gasteiger partial charge in [-0.3, -0.25) is 19.3 Å². The summed E-state index contributed by atoms with van der Waals surface area (Å²) >= 11 is 0. The van der Waals surface area contributed by atoms with Gasteiger partial charge in [0.1, 0.15) is 22.8 Å². The van der Waals surface area contributed by atoms with Crippen molar-refractivity contribution >= 4 is 28.9 Å². The Hall–Kier alpha value is -3.85. The molecule has 1 fully saturated rings. The molecule has 4 rings (SSSR count). The Morgan fingerprint density at radius 3 is 2.30 bits per heavy atom. The average molecular weight is 511 g/mol. The van der Waals surface area contributed by atoms with Crippen LogP contribution in [0.5, 0.6) is 5.75 Å². The summed E-state index contributed by atoms with van der Waals surface area (Å²) in [5.74, 6) is -1.35. The minimum Gasteiger partial charge on any atom is -0.508 e. The van der Waals surface area contributed by atoms with Gasteiger partial charge in [-0.05, 0) is 45.5 Å². The molecule has 0 radical (unpaired) electrons. The maximum absolute atomic E-state index is 14.0. The molecule has 37 heavy (non-hydrogen) atoms. The molecule has 4 atom stereocenters. The van der Waals surface area contributed by atoms with Crippen LogP contribution >= 0.6 is 0 Å². The Morgan fingerprint density at radius 2 is 1.78 bits per heavy atom. The van der Waals surface area contributed by atoms with E-state index in [2.05, 4.69) is 11.8 Å². The number of amides is 1. The first-order valence-electron chi connectivity index (χ1n) is 11.6. The zero-order chi connectivity index (χ0) is 27.8. The summed E-state index contributed by atoms with van der Waals surface area (Å²) in [7, 11) is 6.57. The number of benzene rings is 1. The third-order valence-corrected chi connectivity index (χ3v) is 7.58. The van der Waals surface area contributed by atoms with Crippen molar-refractivity contribution in [1.29, 1.82) is 0 Å². The number of hydrogen-bond acceptors (Lipinski definition) is 10. The van der Waals surface area contributed by atoms with Gasteiger partial charge in [-0.1, -0.05) is 5.92 Å². The molecule has 0 bridgehead atoms. The van der Waals surface area contributed by atoms with E-state index in [1.807, 2.05) is 0 Å². The van der Waals surface area contributed by atoms with Gasteiger partial charge in [0, 0.05) is 25.7 Å². The van der Waals surface area contributed by atoms with Crippen molar-refractivity contribution in [2.24, 2.45) is 17.4 Å². The molecule has 3 aliphatic rings. The van der Waals surface area contributed by atoms with Crippen molar-refractivity contribution in [3.63, 3.8) is 0 Å². The lowest BCUT2D eigenvalue weighted by atomic mass is 9.55. The predicted molar refractivity (Wildman–Crippen MR) is 135 cm³/mol. The number of carbonyl (C=O) groups is 3. The SMILES string of the molecule is CC#Cc1cc(N(C)C)c2c(c1O)C(O)=C1C(=O)[C@]3(O)C(O)=C(C(N)=O)C(=O)[C@H](N(C)C)[C@@H]3C[C@]1(N)C2. The van der Waals surface area contributed by atoms with Crippen LogP contribution in [0.25, 0.3) is 5.76 Å². The Labute approximate surface area is 213 Å². The third kappa shape index (κ3) is 3.37. The summed E-state index contributed by atoms with van der Waals surface area (Å²) in [5, 5.41) is 45.1. The number of primary amides is 1. The van der Waals surface area contributed by atoms with E-state index in [0.717, 1.165) is 0 Å². The van der Waals surface area contributed by atoms with Crippen LogP contribution < -0.4 is 16.4 Å². The lowest BCUT2D eigenvalue weighted by molar-refractivity contribution is -0.154. The number of phenolic OH excluding ortho intramolecular Hbond substituents is 1. The van der Waals surface area contributed by atoms with Crippen molar-refractivity contribution in [2.75, 3.05) is 33.1 Å². The minimum absolute atomic E-state index is 0.0392. The molecular weight excluding hydrogens is 480 g/mol. The number of nitrogens with zero attached hydrogens (tertiary/aromatic N) is 2. The number of aliphatic hydroxyl groups excluding tert-OH is 2. The molecule has 196 valence electrons. The normalized spacial score (nSPS) is 28.9. The Morgan fingerprint density at radius 1 is 1.16 bits per heavy atom. The lowest BCUT2D eigenvalue weighted by Crippen LogP contribution is -2.70. The van der Waals surface area contributed by atoms with Gasteiger partial charge in [-0.15, -0.1) is 5.92 Å². The predicted octanol–water partition coefficient (Wildman–Crippen LogP) is -0.517. The first kappa shape index (κ1) is 26.2. The minimum atomic E-state index is -2.77. The quantitative estimate of drug-likeness (QED) is 0.228. The molecule has 0 saturated heterocycles. The average Bonchev–Trinajstić information content (AvgIpc) is 2.77. The zero-order valence-electron chi connectivity index (χ0n) is 21.2. The molecule has 1 amide bonds. The first-order valence-corrected chi connectivity index (χ1v) is 11.6. The van der Waals surface area contributed by atoms with E-state index in [4.69, 9.17) is 11.5 Å². The van der Waals surface area contributed by atoms with E-state index in [1.165, 1.54) is 19.0 Å². The van der Waals surface area contributed by atoms with E-state index < -0.39 is 63.2 Å². The molecule has 8 N–H and O–H groups in total. The molecule has 11 heteroatoms. The molecule has 11 nitrogen and oxygen atoms in total. The number of carbonyl (C=O) groups excluding carboxylic acids is 3. The van der Waals surface area contributed by atoms with Crippen LogP contribution in [0, 0.1) is 17.8 Å². The van der Waals surface area contributed by atoms with E-state index >= 15 is 0 Å². The molecule has 0 spiro atoms. The number of aliphatic hydroxyl groups is 3. The third-order valence-electron chi connectivity index (χ3n) is 7.58. The zero-order valence-corrected chi connectivity index (χ0v) is 21.2. The van der Waals surface area contributed by atoms with Crippen LogP contribution in [0.1, 0.15) is 30.0 Å². The number of anilines is 1. The number of likely N-dealkylation sites (N-methyl/N-ethyl adjacent to an activating group) is 1. The Balaban J connectivity index is 2.08. The van der Waals surface area contributed by atoms with Gasteiger partial charge in [0.2, 0.25) is 5.78 Å². The number of aromatic hydroxyl groups is 1. The monoisotopic (exact) mass is 510 g/mol. The Kier molecular flexibility index (Phi) is 5.91. The van der Waals surface area contributed by atoms with Crippen LogP contribution in [0.4, 0.5) is 5.69 Å². The molecule has 0 unspecified atom stereocenters. The molecule has 0 aromatic heterocycles. The highest BCUT2D eigenvalue weighted by atomic mass is 16.3. The van der Waals surface area contributed by atoms with E-state index in [1.54, 1.807) is 32.0 Å². The van der Waals surface area contributed by atoms with Gasteiger partial charge in [0.05, 0.1) is 28.3 Å². The van der Waals surface area contributed by atoms with Crippen molar-refractivity contribution in [2.45, 2.75) is 36.9 Å². The summed E-state index contributed by atoms with van der Waals surface area (Å²) in [5.41, 5.74) is 7.65.